The van der Waals surface area contributed by atoms with Crippen LogP contribution in [0.25, 0.3) is 0 Å². The van der Waals surface area contributed by atoms with Crippen molar-refractivity contribution in [2.45, 2.75) is 20.0 Å². The van der Waals surface area contributed by atoms with Crippen molar-refractivity contribution in [1.29, 1.82) is 0 Å². The van der Waals surface area contributed by atoms with E-state index < -0.39 is 0 Å². The number of anilines is 1. The van der Waals surface area contributed by atoms with Crippen LogP contribution in [0.15, 0.2) is 60.9 Å². The molecular formula is C20H19ClN4O. The number of rotatable bonds is 6. The average Bonchev–Trinajstić information content (AvgIpc) is 2.66. The average molecular weight is 367 g/mol. The molecule has 0 unspecified atom stereocenters. The van der Waals surface area contributed by atoms with Gasteiger partial charge in [-0.05, 0) is 30.2 Å². The summed E-state index contributed by atoms with van der Waals surface area (Å²) in [4.78, 5) is 20.6. The van der Waals surface area contributed by atoms with Crippen LogP contribution in [-0.4, -0.2) is 15.9 Å². The number of halogens is 1. The Morgan fingerprint density at radius 3 is 2.42 bits per heavy atom. The van der Waals surface area contributed by atoms with E-state index in [1.807, 2.05) is 55.5 Å². The fraction of sp³-hybridized carbons (Fsp3) is 0.150. The molecule has 0 fully saturated rings. The van der Waals surface area contributed by atoms with E-state index in [-0.39, 0.29) is 5.91 Å². The summed E-state index contributed by atoms with van der Waals surface area (Å²) in [6, 6.07) is 15.6. The van der Waals surface area contributed by atoms with Crippen LogP contribution in [0, 0.1) is 6.92 Å². The fourth-order valence-electron chi connectivity index (χ4n) is 2.43. The van der Waals surface area contributed by atoms with E-state index >= 15 is 0 Å². The van der Waals surface area contributed by atoms with Gasteiger partial charge in [0, 0.05) is 30.5 Å². The van der Waals surface area contributed by atoms with Gasteiger partial charge in [0.2, 0.25) is 5.95 Å². The molecule has 0 aliphatic rings. The first-order chi connectivity index (χ1) is 12.6. The second-order valence-electron chi connectivity index (χ2n) is 5.95. The van der Waals surface area contributed by atoms with Crippen molar-refractivity contribution >= 4 is 23.5 Å². The number of carbonyl (C=O) groups is 1. The lowest BCUT2D eigenvalue weighted by Gasteiger charge is -2.07. The summed E-state index contributed by atoms with van der Waals surface area (Å²) in [5.74, 6) is 0.269. The Bertz CT molecular complexity index is 879. The van der Waals surface area contributed by atoms with Crippen LogP contribution in [0.5, 0.6) is 0 Å². The van der Waals surface area contributed by atoms with Crippen LogP contribution in [0.1, 0.15) is 27.0 Å². The van der Waals surface area contributed by atoms with Crippen LogP contribution in [0.2, 0.25) is 5.02 Å². The van der Waals surface area contributed by atoms with Gasteiger partial charge in [0.25, 0.3) is 5.91 Å². The highest BCUT2D eigenvalue weighted by molar-refractivity contribution is 6.30. The Hall–Kier alpha value is -2.92. The minimum Gasteiger partial charge on any atom is -0.350 e. The molecule has 1 aromatic heterocycles. The molecule has 0 aliphatic heterocycles. The third-order valence-electron chi connectivity index (χ3n) is 3.81. The number of aryl methyl sites for hydroxylation is 1. The summed E-state index contributed by atoms with van der Waals surface area (Å²) in [5, 5.41) is 6.69. The van der Waals surface area contributed by atoms with E-state index in [0.717, 1.165) is 16.7 Å². The molecule has 0 atom stereocenters. The van der Waals surface area contributed by atoms with Crippen LogP contribution in [0.3, 0.4) is 0 Å². The minimum absolute atomic E-state index is 0.198. The number of benzene rings is 2. The van der Waals surface area contributed by atoms with Gasteiger partial charge in [0.1, 0.15) is 0 Å². The number of hydrogen-bond donors (Lipinski definition) is 2. The molecule has 5 nitrogen and oxygen atoms in total. The molecule has 3 rings (SSSR count). The highest BCUT2D eigenvalue weighted by Gasteiger charge is 2.07. The maximum Gasteiger partial charge on any atom is 0.254 e. The van der Waals surface area contributed by atoms with Gasteiger partial charge < -0.3 is 10.6 Å². The van der Waals surface area contributed by atoms with Gasteiger partial charge in [0.05, 0.1) is 5.56 Å². The molecule has 3 aromatic rings. The zero-order chi connectivity index (χ0) is 18.4. The van der Waals surface area contributed by atoms with Gasteiger partial charge in [-0.3, -0.25) is 4.79 Å². The van der Waals surface area contributed by atoms with Crippen molar-refractivity contribution < 1.29 is 4.79 Å². The van der Waals surface area contributed by atoms with Gasteiger partial charge in [0.15, 0.2) is 0 Å². The van der Waals surface area contributed by atoms with Crippen LogP contribution >= 0.6 is 11.6 Å². The third-order valence-corrected chi connectivity index (χ3v) is 4.07. The molecule has 6 heteroatoms. The molecule has 0 saturated heterocycles. The topological polar surface area (TPSA) is 66.9 Å². The lowest BCUT2D eigenvalue weighted by atomic mass is 10.1. The van der Waals surface area contributed by atoms with Crippen molar-refractivity contribution in [1.82, 2.24) is 15.3 Å². The van der Waals surface area contributed by atoms with Crippen molar-refractivity contribution in [3.63, 3.8) is 0 Å². The predicted octanol–water partition coefficient (Wildman–Crippen LogP) is 3.98. The number of aromatic nitrogens is 2. The molecule has 132 valence electrons. The Balaban J connectivity index is 1.53. The lowest BCUT2D eigenvalue weighted by Crippen LogP contribution is -2.23. The van der Waals surface area contributed by atoms with E-state index in [2.05, 4.69) is 20.6 Å². The molecule has 0 spiro atoms. The number of nitrogens with one attached hydrogen (secondary N) is 2. The minimum atomic E-state index is -0.198. The summed E-state index contributed by atoms with van der Waals surface area (Å²) in [7, 11) is 0. The van der Waals surface area contributed by atoms with Crippen molar-refractivity contribution in [3.05, 3.63) is 88.2 Å². The smallest absolute Gasteiger partial charge is 0.254 e. The Kier molecular flexibility index (Phi) is 5.81. The van der Waals surface area contributed by atoms with Crippen molar-refractivity contribution in [3.8, 4) is 0 Å². The molecular weight excluding hydrogens is 348 g/mol. The van der Waals surface area contributed by atoms with Gasteiger partial charge in [-0.2, -0.15) is 0 Å². The van der Waals surface area contributed by atoms with Gasteiger partial charge in [-0.25, -0.2) is 9.97 Å². The van der Waals surface area contributed by atoms with Crippen LogP contribution in [0.4, 0.5) is 5.95 Å². The van der Waals surface area contributed by atoms with E-state index in [0.29, 0.717) is 29.6 Å². The van der Waals surface area contributed by atoms with Gasteiger partial charge in [-0.15, -0.1) is 0 Å². The molecule has 2 aromatic carbocycles. The molecule has 0 aliphatic carbocycles. The monoisotopic (exact) mass is 366 g/mol. The van der Waals surface area contributed by atoms with Crippen LogP contribution in [-0.2, 0) is 13.1 Å². The Morgan fingerprint density at radius 2 is 1.73 bits per heavy atom. The van der Waals surface area contributed by atoms with E-state index in [4.69, 9.17) is 11.6 Å². The summed E-state index contributed by atoms with van der Waals surface area (Å²) < 4.78 is 0. The van der Waals surface area contributed by atoms with E-state index in [9.17, 15) is 4.79 Å². The maximum absolute atomic E-state index is 12.2. The number of amides is 1. The second kappa shape index (κ2) is 8.45. The quantitative estimate of drug-likeness (QED) is 0.692. The molecule has 0 saturated carbocycles. The first-order valence-corrected chi connectivity index (χ1v) is 8.62. The normalized spacial score (nSPS) is 10.4. The third kappa shape index (κ3) is 5.04. The molecule has 26 heavy (non-hydrogen) atoms. The van der Waals surface area contributed by atoms with E-state index in [1.54, 1.807) is 0 Å². The first-order valence-electron chi connectivity index (χ1n) is 8.24. The summed E-state index contributed by atoms with van der Waals surface area (Å²) >= 11 is 5.87. The second-order valence-corrected chi connectivity index (χ2v) is 6.38. The lowest BCUT2D eigenvalue weighted by molar-refractivity contribution is 0.0950. The zero-order valence-electron chi connectivity index (χ0n) is 14.4. The summed E-state index contributed by atoms with van der Waals surface area (Å²) in [6.45, 7) is 3.07. The maximum atomic E-state index is 12.2. The summed E-state index contributed by atoms with van der Waals surface area (Å²) in [6.07, 6.45) is 3.03. The van der Waals surface area contributed by atoms with Gasteiger partial charge in [-0.1, -0.05) is 53.6 Å². The molecule has 1 amide bonds. The first kappa shape index (κ1) is 17.9. The molecule has 1 heterocycles. The van der Waals surface area contributed by atoms with E-state index in [1.165, 1.54) is 12.4 Å². The highest BCUT2D eigenvalue weighted by atomic mass is 35.5. The standard InChI is InChI=1S/C20H19ClN4O/c1-14-3-2-4-16(9-14)11-22-19(26)17-12-24-20(25-13-17)23-10-15-5-7-18(21)8-6-15/h2-9,12-13H,10-11H2,1H3,(H,22,26)(H,23,24,25). The van der Waals surface area contributed by atoms with Gasteiger partial charge >= 0.3 is 0 Å². The predicted molar refractivity (Wildman–Crippen MR) is 103 cm³/mol. The number of nitrogens with zero attached hydrogens (tertiary/aromatic N) is 2. The summed E-state index contributed by atoms with van der Waals surface area (Å²) in [5.41, 5.74) is 3.71. The fourth-order valence-corrected chi connectivity index (χ4v) is 2.55. The number of hydrogen-bond acceptors (Lipinski definition) is 4. The zero-order valence-corrected chi connectivity index (χ0v) is 15.1. The Morgan fingerprint density at radius 1 is 1.00 bits per heavy atom. The Labute approximate surface area is 157 Å². The number of carbonyl (C=O) groups excluding carboxylic acids is 1. The van der Waals surface area contributed by atoms with Crippen LogP contribution < -0.4 is 10.6 Å². The molecule has 0 radical (unpaired) electrons. The van der Waals surface area contributed by atoms with Crippen molar-refractivity contribution in [2.24, 2.45) is 0 Å². The molecule has 0 bridgehead atoms. The molecule has 2 N–H and O–H groups in total. The van der Waals surface area contributed by atoms with Crippen molar-refractivity contribution in [2.75, 3.05) is 5.32 Å². The SMILES string of the molecule is Cc1cccc(CNC(=O)c2cnc(NCc3ccc(Cl)cc3)nc2)c1. The largest absolute Gasteiger partial charge is 0.350 e. The highest BCUT2D eigenvalue weighted by Crippen LogP contribution is 2.11.